The second-order valence-corrected chi connectivity index (χ2v) is 5.09. The molecular weight excluding hydrogens is 232 g/mol. The molecule has 0 unspecified atom stereocenters. The van der Waals surface area contributed by atoms with Crippen LogP contribution in [0.2, 0.25) is 0 Å². The fourth-order valence-corrected chi connectivity index (χ4v) is 2.50. The number of H-pyrrole nitrogens is 1. The molecule has 4 nitrogen and oxygen atoms in total. The average molecular weight is 254 g/mol. The molecule has 1 saturated carbocycles. The summed E-state index contributed by atoms with van der Waals surface area (Å²) >= 11 is 5.28. The number of rotatable bonds is 7. The number of hydrogen-bond acceptors (Lipinski definition) is 3. The molecule has 1 heterocycles. The number of hydrogen-bond donors (Lipinski definition) is 1. The predicted octanol–water partition coefficient (Wildman–Crippen LogP) is 2.38. The molecule has 0 bridgehead atoms. The standard InChI is InChI=1S/C12H22N4S/c1-3-5-11-13-14-12(17)16(11)9-8-15(4-2)10-6-7-10/h10H,3-9H2,1-2H3,(H,14,17). The normalized spacial score (nSPS) is 15.7. The lowest BCUT2D eigenvalue weighted by molar-refractivity contribution is 0.264. The average Bonchev–Trinajstić information content (AvgIpc) is 3.10. The summed E-state index contributed by atoms with van der Waals surface area (Å²) in [6.07, 6.45) is 4.85. The maximum Gasteiger partial charge on any atom is 0.195 e. The van der Waals surface area contributed by atoms with E-state index in [2.05, 4.69) is 33.5 Å². The number of nitrogens with one attached hydrogen (secondary N) is 1. The number of aryl methyl sites for hydroxylation is 1. The van der Waals surface area contributed by atoms with Crippen LogP contribution in [-0.2, 0) is 13.0 Å². The van der Waals surface area contributed by atoms with Crippen molar-refractivity contribution in [3.63, 3.8) is 0 Å². The van der Waals surface area contributed by atoms with E-state index in [0.29, 0.717) is 0 Å². The number of aromatic nitrogens is 3. The van der Waals surface area contributed by atoms with Crippen molar-refractivity contribution in [1.82, 2.24) is 19.7 Å². The zero-order valence-corrected chi connectivity index (χ0v) is 11.6. The van der Waals surface area contributed by atoms with Gasteiger partial charge in [-0.1, -0.05) is 13.8 Å². The van der Waals surface area contributed by atoms with E-state index in [4.69, 9.17) is 12.2 Å². The lowest BCUT2D eigenvalue weighted by Crippen LogP contribution is -2.29. The fourth-order valence-electron chi connectivity index (χ4n) is 2.26. The van der Waals surface area contributed by atoms with E-state index < -0.39 is 0 Å². The molecule has 96 valence electrons. The molecule has 0 spiro atoms. The summed E-state index contributed by atoms with van der Waals surface area (Å²) in [4.78, 5) is 2.55. The first-order chi connectivity index (χ1) is 8.26. The van der Waals surface area contributed by atoms with Gasteiger partial charge in [0.05, 0.1) is 0 Å². The summed E-state index contributed by atoms with van der Waals surface area (Å²) in [5, 5.41) is 7.20. The van der Waals surface area contributed by atoms with Gasteiger partial charge >= 0.3 is 0 Å². The van der Waals surface area contributed by atoms with Gasteiger partial charge in [-0.05, 0) is 38.0 Å². The van der Waals surface area contributed by atoms with Crippen molar-refractivity contribution in [2.24, 2.45) is 0 Å². The van der Waals surface area contributed by atoms with Crippen molar-refractivity contribution in [1.29, 1.82) is 0 Å². The third-order valence-electron chi connectivity index (χ3n) is 3.39. The molecule has 1 aromatic rings. The first-order valence-electron chi connectivity index (χ1n) is 6.64. The van der Waals surface area contributed by atoms with Gasteiger partial charge in [0.15, 0.2) is 4.77 Å². The summed E-state index contributed by atoms with van der Waals surface area (Å²) in [7, 11) is 0. The predicted molar refractivity (Wildman–Crippen MR) is 71.7 cm³/mol. The highest BCUT2D eigenvalue weighted by Gasteiger charge is 2.27. The molecule has 1 aromatic heterocycles. The van der Waals surface area contributed by atoms with Crippen LogP contribution in [0.4, 0.5) is 0 Å². The molecule has 2 rings (SSSR count). The van der Waals surface area contributed by atoms with E-state index in [1.807, 2.05) is 0 Å². The Kier molecular flexibility index (Phi) is 4.34. The van der Waals surface area contributed by atoms with Crippen LogP contribution in [0.1, 0.15) is 38.9 Å². The number of nitrogens with zero attached hydrogens (tertiary/aromatic N) is 3. The minimum Gasteiger partial charge on any atom is -0.303 e. The van der Waals surface area contributed by atoms with Gasteiger partial charge in [-0.3, -0.25) is 10.00 Å². The van der Waals surface area contributed by atoms with Gasteiger partial charge in [-0.15, -0.1) is 0 Å². The molecule has 0 radical (unpaired) electrons. The van der Waals surface area contributed by atoms with Gasteiger partial charge in [0.25, 0.3) is 0 Å². The first kappa shape index (κ1) is 12.8. The quantitative estimate of drug-likeness (QED) is 0.759. The Bertz CT molecular complexity index is 405. The number of aromatic amines is 1. The summed E-state index contributed by atoms with van der Waals surface area (Å²) in [6, 6.07) is 0.829. The SMILES string of the molecule is CCCc1n[nH]c(=S)n1CCN(CC)C1CC1. The smallest absolute Gasteiger partial charge is 0.195 e. The maximum absolute atomic E-state index is 5.28. The Balaban J connectivity index is 1.97. The highest BCUT2D eigenvalue weighted by atomic mass is 32.1. The van der Waals surface area contributed by atoms with E-state index in [9.17, 15) is 0 Å². The molecular formula is C12H22N4S. The largest absolute Gasteiger partial charge is 0.303 e. The molecule has 5 heteroatoms. The maximum atomic E-state index is 5.28. The zero-order valence-electron chi connectivity index (χ0n) is 10.8. The van der Waals surface area contributed by atoms with Crippen LogP contribution in [0.25, 0.3) is 0 Å². The molecule has 17 heavy (non-hydrogen) atoms. The van der Waals surface area contributed by atoms with Gasteiger partial charge in [0, 0.05) is 25.6 Å². The van der Waals surface area contributed by atoms with Crippen LogP contribution in [0, 0.1) is 4.77 Å². The zero-order chi connectivity index (χ0) is 12.3. The minimum absolute atomic E-state index is 0.764. The molecule has 0 aromatic carbocycles. The Morgan fingerprint density at radius 2 is 2.24 bits per heavy atom. The van der Waals surface area contributed by atoms with Crippen LogP contribution in [0.3, 0.4) is 0 Å². The fraction of sp³-hybridized carbons (Fsp3) is 0.833. The van der Waals surface area contributed by atoms with Gasteiger partial charge in [-0.2, -0.15) is 5.10 Å². The summed E-state index contributed by atoms with van der Waals surface area (Å²) < 4.78 is 2.92. The second-order valence-electron chi connectivity index (χ2n) is 4.71. The molecule has 0 atom stereocenters. The molecule has 1 N–H and O–H groups in total. The summed E-state index contributed by atoms with van der Waals surface area (Å²) in [5.41, 5.74) is 0. The van der Waals surface area contributed by atoms with Crippen molar-refractivity contribution >= 4 is 12.2 Å². The van der Waals surface area contributed by atoms with Gasteiger partial charge in [0.1, 0.15) is 5.82 Å². The lowest BCUT2D eigenvalue weighted by atomic mass is 10.3. The molecule has 0 saturated heterocycles. The third-order valence-corrected chi connectivity index (χ3v) is 3.70. The van der Waals surface area contributed by atoms with Crippen molar-refractivity contribution < 1.29 is 0 Å². The second kappa shape index (κ2) is 5.78. The Morgan fingerprint density at radius 3 is 2.82 bits per heavy atom. The first-order valence-corrected chi connectivity index (χ1v) is 7.05. The van der Waals surface area contributed by atoms with Crippen LogP contribution in [0.5, 0.6) is 0 Å². The van der Waals surface area contributed by atoms with Crippen molar-refractivity contribution in [3.05, 3.63) is 10.6 Å². The van der Waals surface area contributed by atoms with E-state index in [1.165, 1.54) is 12.8 Å². The van der Waals surface area contributed by atoms with Gasteiger partial charge in [-0.25, -0.2) is 0 Å². The van der Waals surface area contributed by atoms with E-state index in [1.54, 1.807) is 0 Å². The molecule has 1 aliphatic rings. The topological polar surface area (TPSA) is 36.9 Å². The van der Waals surface area contributed by atoms with Crippen LogP contribution in [0.15, 0.2) is 0 Å². The monoisotopic (exact) mass is 254 g/mol. The van der Waals surface area contributed by atoms with Crippen molar-refractivity contribution in [3.8, 4) is 0 Å². The van der Waals surface area contributed by atoms with Gasteiger partial charge < -0.3 is 4.57 Å². The summed E-state index contributed by atoms with van der Waals surface area (Å²) in [6.45, 7) is 7.60. The molecule has 0 amide bonds. The molecule has 1 aliphatic carbocycles. The minimum atomic E-state index is 0.764. The molecule has 1 fully saturated rings. The number of likely N-dealkylation sites (N-methyl/N-ethyl adjacent to an activating group) is 1. The van der Waals surface area contributed by atoms with E-state index >= 15 is 0 Å². The molecule has 0 aliphatic heterocycles. The summed E-state index contributed by atoms with van der Waals surface area (Å²) in [5.74, 6) is 1.10. The Hall–Kier alpha value is -0.680. The van der Waals surface area contributed by atoms with Crippen LogP contribution < -0.4 is 0 Å². The van der Waals surface area contributed by atoms with E-state index in [0.717, 1.165) is 49.1 Å². The van der Waals surface area contributed by atoms with Gasteiger partial charge in [0.2, 0.25) is 0 Å². The van der Waals surface area contributed by atoms with E-state index in [-0.39, 0.29) is 0 Å². The Morgan fingerprint density at radius 1 is 1.47 bits per heavy atom. The third kappa shape index (κ3) is 3.16. The Labute approximate surface area is 108 Å². The highest BCUT2D eigenvalue weighted by molar-refractivity contribution is 7.71. The lowest BCUT2D eigenvalue weighted by Gasteiger charge is -2.20. The van der Waals surface area contributed by atoms with Crippen LogP contribution >= 0.6 is 12.2 Å². The highest BCUT2D eigenvalue weighted by Crippen LogP contribution is 2.26. The van der Waals surface area contributed by atoms with Crippen LogP contribution in [-0.4, -0.2) is 38.8 Å². The van der Waals surface area contributed by atoms with Crippen molar-refractivity contribution in [2.75, 3.05) is 13.1 Å². The van der Waals surface area contributed by atoms with Crippen molar-refractivity contribution in [2.45, 2.75) is 52.1 Å².